The molecule has 0 unspecified atom stereocenters. The number of non-ortho nitro benzene ring substituents is 1. The van der Waals surface area contributed by atoms with Crippen molar-refractivity contribution in [3.63, 3.8) is 0 Å². The van der Waals surface area contributed by atoms with Gasteiger partial charge in [-0.3, -0.25) is 14.9 Å². The molecule has 0 heterocycles. The summed E-state index contributed by atoms with van der Waals surface area (Å²) in [5.41, 5.74) is 2.61. The topological polar surface area (TPSA) is 118 Å². The van der Waals surface area contributed by atoms with Crippen molar-refractivity contribution in [1.29, 1.82) is 0 Å². The molecular weight excluding hydrogens is 358 g/mol. The number of anilines is 1. The van der Waals surface area contributed by atoms with Gasteiger partial charge in [-0.25, -0.2) is 13.1 Å². The predicted molar refractivity (Wildman–Crippen MR) is 97.4 cm³/mol. The van der Waals surface area contributed by atoms with Crippen LogP contribution in [0, 0.1) is 24.0 Å². The van der Waals surface area contributed by atoms with Gasteiger partial charge in [0.25, 0.3) is 5.69 Å². The number of amides is 1. The summed E-state index contributed by atoms with van der Waals surface area (Å²) in [5, 5.41) is 13.3. The molecule has 0 spiro atoms. The van der Waals surface area contributed by atoms with Gasteiger partial charge < -0.3 is 5.32 Å². The average Bonchev–Trinajstić information content (AvgIpc) is 2.58. The van der Waals surface area contributed by atoms with E-state index < -0.39 is 14.9 Å². The summed E-state index contributed by atoms with van der Waals surface area (Å²) in [6.07, 6.45) is -0.0425. The third kappa shape index (κ3) is 5.11. The highest BCUT2D eigenvalue weighted by atomic mass is 32.2. The van der Waals surface area contributed by atoms with Crippen LogP contribution in [0.3, 0.4) is 0 Å². The van der Waals surface area contributed by atoms with E-state index in [1.165, 1.54) is 0 Å². The van der Waals surface area contributed by atoms with Crippen molar-refractivity contribution in [2.75, 3.05) is 11.9 Å². The zero-order valence-electron chi connectivity index (χ0n) is 14.4. The number of nitrogens with one attached hydrogen (secondary N) is 2. The molecule has 2 aromatic carbocycles. The second-order valence-electron chi connectivity index (χ2n) is 5.75. The highest BCUT2D eigenvalue weighted by molar-refractivity contribution is 7.89. The second kappa shape index (κ2) is 8.07. The van der Waals surface area contributed by atoms with Crippen LogP contribution in [0.5, 0.6) is 0 Å². The molecule has 2 N–H and O–H groups in total. The lowest BCUT2D eigenvalue weighted by Crippen LogP contribution is -2.27. The largest absolute Gasteiger partial charge is 0.326 e. The van der Waals surface area contributed by atoms with Crippen LogP contribution in [0.25, 0.3) is 0 Å². The Morgan fingerprint density at radius 1 is 1.08 bits per heavy atom. The summed E-state index contributed by atoms with van der Waals surface area (Å²) >= 11 is 0. The predicted octanol–water partition coefficient (Wildman–Crippen LogP) is 2.52. The lowest BCUT2D eigenvalue weighted by atomic mass is 10.1. The Balaban J connectivity index is 1.90. The van der Waals surface area contributed by atoms with Gasteiger partial charge in [0.05, 0.1) is 9.82 Å². The first-order valence-electron chi connectivity index (χ1n) is 7.80. The number of hydrogen-bond donors (Lipinski definition) is 2. The maximum Gasteiger partial charge on any atom is 0.269 e. The molecule has 2 aromatic rings. The number of aryl methyl sites for hydroxylation is 2. The molecule has 138 valence electrons. The number of sulfonamides is 1. The molecule has 0 aliphatic rings. The van der Waals surface area contributed by atoms with Crippen LogP contribution >= 0.6 is 0 Å². The first kappa shape index (κ1) is 19.5. The lowest BCUT2D eigenvalue weighted by molar-refractivity contribution is -0.384. The van der Waals surface area contributed by atoms with E-state index in [2.05, 4.69) is 10.0 Å². The quantitative estimate of drug-likeness (QED) is 0.568. The van der Waals surface area contributed by atoms with Crippen molar-refractivity contribution >= 4 is 27.3 Å². The molecule has 0 aliphatic carbocycles. The van der Waals surface area contributed by atoms with Gasteiger partial charge in [0.15, 0.2) is 0 Å². The Labute approximate surface area is 151 Å². The summed E-state index contributed by atoms with van der Waals surface area (Å²) in [6, 6.07) is 10.0. The maximum atomic E-state index is 12.1. The smallest absolute Gasteiger partial charge is 0.269 e. The number of carbonyl (C=O) groups excluding carboxylic acids is 1. The molecule has 0 saturated heterocycles. The lowest BCUT2D eigenvalue weighted by Gasteiger charge is -2.09. The second-order valence-corrected chi connectivity index (χ2v) is 7.51. The number of nitro benzene ring substituents is 1. The van der Waals surface area contributed by atoms with E-state index in [9.17, 15) is 23.3 Å². The fourth-order valence-corrected chi connectivity index (χ4v) is 3.20. The monoisotopic (exact) mass is 377 g/mol. The van der Waals surface area contributed by atoms with Crippen molar-refractivity contribution < 1.29 is 18.1 Å². The Morgan fingerprint density at radius 2 is 1.73 bits per heavy atom. The number of nitro groups is 1. The SMILES string of the molecule is Cc1ccc(NC(=O)CCNS(=O)(=O)c2ccc([N+](=O)[O-])cc2)cc1C. The van der Waals surface area contributed by atoms with Gasteiger partial charge >= 0.3 is 0 Å². The van der Waals surface area contributed by atoms with Crippen LogP contribution < -0.4 is 10.0 Å². The number of benzene rings is 2. The van der Waals surface area contributed by atoms with E-state index in [0.717, 1.165) is 35.4 Å². The van der Waals surface area contributed by atoms with Gasteiger partial charge in [-0.1, -0.05) is 6.07 Å². The van der Waals surface area contributed by atoms with Crippen LogP contribution in [0.1, 0.15) is 17.5 Å². The van der Waals surface area contributed by atoms with Crippen molar-refractivity contribution in [2.24, 2.45) is 0 Å². The fourth-order valence-electron chi connectivity index (χ4n) is 2.17. The van der Waals surface area contributed by atoms with Crippen LogP contribution in [-0.4, -0.2) is 25.8 Å². The zero-order valence-corrected chi connectivity index (χ0v) is 15.2. The van der Waals surface area contributed by atoms with Crippen molar-refractivity contribution in [2.45, 2.75) is 25.2 Å². The van der Waals surface area contributed by atoms with Crippen LogP contribution in [0.2, 0.25) is 0 Å². The third-order valence-electron chi connectivity index (χ3n) is 3.79. The fraction of sp³-hybridized carbons (Fsp3) is 0.235. The Hall–Kier alpha value is -2.78. The Morgan fingerprint density at radius 3 is 2.31 bits per heavy atom. The first-order valence-corrected chi connectivity index (χ1v) is 9.28. The highest BCUT2D eigenvalue weighted by Gasteiger charge is 2.16. The highest BCUT2D eigenvalue weighted by Crippen LogP contribution is 2.16. The van der Waals surface area contributed by atoms with Gasteiger partial charge in [-0.15, -0.1) is 0 Å². The number of carbonyl (C=O) groups is 1. The number of nitrogens with zero attached hydrogens (tertiary/aromatic N) is 1. The molecule has 0 aromatic heterocycles. The normalized spacial score (nSPS) is 11.2. The summed E-state index contributed by atoms with van der Waals surface area (Å²) < 4.78 is 26.5. The minimum absolute atomic E-state index is 0.0425. The minimum atomic E-state index is -3.84. The standard InChI is InChI=1S/C17H19N3O5S/c1-12-3-4-14(11-13(12)2)19-17(21)9-10-18-26(24,25)16-7-5-15(6-8-16)20(22)23/h3-8,11,18H,9-10H2,1-2H3,(H,19,21). The van der Waals surface area contributed by atoms with Gasteiger partial charge in [0.1, 0.15) is 0 Å². The van der Waals surface area contributed by atoms with Crippen LogP contribution in [0.4, 0.5) is 11.4 Å². The van der Waals surface area contributed by atoms with Crippen molar-refractivity contribution in [1.82, 2.24) is 4.72 Å². The molecule has 8 nitrogen and oxygen atoms in total. The Kier molecular flexibility index (Phi) is 6.06. The summed E-state index contributed by atoms with van der Waals surface area (Å²) in [5.74, 6) is -0.320. The molecule has 0 bridgehead atoms. The molecule has 0 radical (unpaired) electrons. The number of rotatable bonds is 7. The molecule has 26 heavy (non-hydrogen) atoms. The third-order valence-corrected chi connectivity index (χ3v) is 5.27. The molecular formula is C17H19N3O5S. The molecule has 0 saturated carbocycles. The molecule has 0 atom stereocenters. The Bertz CT molecular complexity index is 924. The molecule has 0 fully saturated rings. The van der Waals surface area contributed by atoms with E-state index in [1.807, 2.05) is 26.0 Å². The average molecular weight is 377 g/mol. The van der Waals surface area contributed by atoms with Crippen LogP contribution in [-0.2, 0) is 14.8 Å². The van der Waals surface area contributed by atoms with Gasteiger partial charge in [0.2, 0.25) is 15.9 Å². The van der Waals surface area contributed by atoms with Gasteiger partial charge in [-0.2, -0.15) is 0 Å². The van der Waals surface area contributed by atoms with Crippen molar-refractivity contribution in [3.8, 4) is 0 Å². The van der Waals surface area contributed by atoms with Gasteiger partial charge in [-0.05, 0) is 49.2 Å². The maximum absolute atomic E-state index is 12.1. The number of hydrogen-bond acceptors (Lipinski definition) is 5. The minimum Gasteiger partial charge on any atom is -0.326 e. The molecule has 9 heteroatoms. The van der Waals surface area contributed by atoms with E-state index in [0.29, 0.717) is 5.69 Å². The summed E-state index contributed by atoms with van der Waals surface area (Å²) in [6.45, 7) is 3.81. The summed E-state index contributed by atoms with van der Waals surface area (Å²) in [7, 11) is -3.84. The zero-order chi connectivity index (χ0) is 19.3. The van der Waals surface area contributed by atoms with Crippen molar-refractivity contribution in [3.05, 3.63) is 63.7 Å². The summed E-state index contributed by atoms with van der Waals surface area (Å²) in [4.78, 5) is 21.8. The van der Waals surface area contributed by atoms with E-state index in [1.54, 1.807) is 6.07 Å². The molecule has 1 amide bonds. The molecule has 2 rings (SSSR count). The van der Waals surface area contributed by atoms with E-state index in [-0.39, 0.29) is 29.5 Å². The van der Waals surface area contributed by atoms with Crippen LogP contribution in [0.15, 0.2) is 47.4 Å². The van der Waals surface area contributed by atoms with E-state index >= 15 is 0 Å². The first-order chi connectivity index (χ1) is 12.2. The van der Waals surface area contributed by atoms with Gasteiger partial charge in [0, 0.05) is 30.8 Å². The van der Waals surface area contributed by atoms with E-state index in [4.69, 9.17) is 0 Å². The molecule has 0 aliphatic heterocycles.